The third-order valence-electron chi connectivity index (χ3n) is 2.66. The summed E-state index contributed by atoms with van der Waals surface area (Å²) >= 11 is 1.08. The lowest BCUT2D eigenvalue weighted by molar-refractivity contribution is -0.380. The van der Waals surface area contributed by atoms with Gasteiger partial charge in [-0.05, 0) is 24.2 Å². The Kier molecular flexibility index (Phi) is 3.14. The first-order valence-electron chi connectivity index (χ1n) is 5.01. The minimum absolute atomic E-state index is 0.0625. The number of carbonyl (C=O) groups excluding carboxylic acids is 1. The molecular formula is C9H11N3O3S. The largest absolute Gasteiger partial charge is 0.348 e. The van der Waals surface area contributed by atoms with Gasteiger partial charge >= 0.3 is 5.00 Å². The van der Waals surface area contributed by atoms with Crippen LogP contribution in [0.4, 0.5) is 10.1 Å². The lowest BCUT2D eigenvalue weighted by atomic mass is 9.99. The molecule has 0 bridgehead atoms. The first kappa shape index (κ1) is 11.0. The Hall–Kier alpha value is -1.50. The van der Waals surface area contributed by atoms with Crippen molar-refractivity contribution in [2.75, 3.05) is 18.0 Å². The number of hydrogen-bond donors (Lipinski definition) is 0. The van der Waals surface area contributed by atoms with Crippen LogP contribution in [0.5, 0.6) is 0 Å². The second-order valence-corrected chi connectivity index (χ2v) is 4.69. The maximum atomic E-state index is 10.6. The van der Waals surface area contributed by atoms with Crippen LogP contribution in [0.25, 0.3) is 0 Å². The molecule has 0 aliphatic carbocycles. The van der Waals surface area contributed by atoms with Crippen molar-refractivity contribution in [1.29, 1.82) is 0 Å². The van der Waals surface area contributed by atoms with Gasteiger partial charge in [0.2, 0.25) is 0 Å². The molecular weight excluding hydrogens is 230 g/mol. The van der Waals surface area contributed by atoms with E-state index < -0.39 is 4.92 Å². The summed E-state index contributed by atoms with van der Waals surface area (Å²) in [5.41, 5.74) is 0. The van der Waals surface area contributed by atoms with E-state index in [2.05, 4.69) is 4.98 Å². The number of anilines is 1. The smallest absolute Gasteiger partial charge is 0.345 e. The van der Waals surface area contributed by atoms with Gasteiger partial charge in [-0.2, -0.15) is 0 Å². The molecule has 2 rings (SSSR count). The Morgan fingerprint density at radius 3 is 2.75 bits per heavy atom. The molecule has 16 heavy (non-hydrogen) atoms. The molecule has 86 valence electrons. The molecule has 0 aromatic carbocycles. The minimum atomic E-state index is -0.431. The number of aldehydes is 1. The van der Waals surface area contributed by atoms with Crippen molar-refractivity contribution in [3.8, 4) is 0 Å². The van der Waals surface area contributed by atoms with E-state index in [1.54, 1.807) is 0 Å². The van der Waals surface area contributed by atoms with Crippen LogP contribution in [-0.4, -0.2) is 29.3 Å². The van der Waals surface area contributed by atoms with E-state index in [0.717, 1.165) is 43.6 Å². The standard InChI is InChI=1S/C9H11N3O3S/c13-6-7-1-3-11(4-2-7)9-10-5-8(16-9)12(14)15/h5-7H,1-4H2. The van der Waals surface area contributed by atoms with Crippen LogP contribution in [0.1, 0.15) is 12.8 Å². The number of nitrogens with zero attached hydrogens (tertiary/aromatic N) is 3. The van der Waals surface area contributed by atoms with E-state index in [1.807, 2.05) is 4.90 Å². The number of nitro groups is 1. The normalized spacial score (nSPS) is 17.4. The SMILES string of the molecule is O=CC1CCN(c2ncc([N+](=O)[O-])s2)CC1. The van der Waals surface area contributed by atoms with Gasteiger partial charge in [0.1, 0.15) is 12.5 Å². The van der Waals surface area contributed by atoms with Crippen LogP contribution in [0.2, 0.25) is 0 Å². The number of thiazole rings is 1. The minimum Gasteiger partial charge on any atom is -0.348 e. The fourth-order valence-electron chi connectivity index (χ4n) is 1.71. The van der Waals surface area contributed by atoms with E-state index in [4.69, 9.17) is 0 Å². The lowest BCUT2D eigenvalue weighted by Gasteiger charge is -2.28. The predicted octanol–water partition coefficient (Wildman–Crippen LogP) is 1.47. The summed E-state index contributed by atoms with van der Waals surface area (Å²) in [6, 6.07) is 0. The molecule has 1 saturated heterocycles. The van der Waals surface area contributed by atoms with Gasteiger partial charge < -0.3 is 9.69 Å². The van der Waals surface area contributed by atoms with Crippen LogP contribution in [0.15, 0.2) is 6.20 Å². The van der Waals surface area contributed by atoms with Crippen molar-refractivity contribution >= 4 is 27.8 Å². The molecule has 1 fully saturated rings. The highest BCUT2D eigenvalue weighted by Gasteiger charge is 2.22. The van der Waals surface area contributed by atoms with Gasteiger partial charge in [-0.15, -0.1) is 0 Å². The Bertz CT molecular complexity index is 398. The quantitative estimate of drug-likeness (QED) is 0.455. The first-order valence-corrected chi connectivity index (χ1v) is 5.83. The first-order chi connectivity index (χ1) is 7.70. The molecule has 7 heteroatoms. The van der Waals surface area contributed by atoms with Gasteiger partial charge in [0, 0.05) is 19.0 Å². The zero-order chi connectivity index (χ0) is 11.5. The molecule has 1 aromatic heterocycles. The van der Waals surface area contributed by atoms with E-state index in [0.29, 0.717) is 5.13 Å². The number of aromatic nitrogens is 1. The molecule has 0 spiro atoms. The Balaban J connectivity index is 2.02. The summed E-state index contributed by atoms with van der Waals surface area (Å²) in [7, 11) is 0. The summed E-state index contributed by atoms with van der Waals surface area (Å²) in [5.74, 6) is 0.131. The number of piperidine rings is 1. The summed E-state index contributed by atoms with van der Waals surface area (Å²) in [5, 5.41) is 11.2. The zero-order valence-electron chi connectivity index (χ0n) is 8.54. The van der Waals surface area contributed by atoms with E-state index in [-0.39, 0.29) is 10.9 Å². The summed E-state index contributed by atoms with van der Waals surface area (Å²) in [6.07, 6.45) is 3.88. The van der Waals surface area contributed by atoms with E-state index in [1.165, 1.54) is 6.20 Å². The predicted molar refractivity (Wildman–Crippen MR) is 59.8 cm³/mol. The Labute approximate surface area is 96.0 Å². The second kappa shape index (κ2) is 4.56. The van der Waals surface area contributed by atoms with Crippen LogP contribution in [-0.2, 0) is 4.79 Å². The maximum absolute atomic E-state index is 10.6. The van der Waals surface area contributed by atoms with Gasteiger partial charge in [0.25, 0.3) is 0 Å². The third-order valence-corrected chi connectivity index (χ3v) is 3.67. The lowest BCUT2D eigenvalue weighted by Crippen LogP contribution is -2.33. The van der Waals surface area contributed by atoms with Crippen molar-refractivity contribution in [3.05, 3.63) is 16.3 Å². The van der Waals surface area contributed by atoms with E-state index in [9.17, 15) is 14.9 Å². The van der Waals surface area contributed by atoms with Crippen molar-refractivity contribution in [3.63, 3.8) is 0 Å². The van der Waals surface area contributed by atoms with Crippen LogP contribution in [0, 0.1) is 16.0 Å². The molecule has 1 aliphatic rings. The van der Waals surface area contributed by atoms with Crippen molar-refractivity contribution in [1.82, 2.24) is 4.98 Å². The third kappa shape index (κ3) is 2.19. The van der Waals surface area contributed by atoms with Gasteiger partial charge in [-0.1, -0.05) is 0 Å². The molecule has 1 aliphatic heterocycles. The molecule has 0 atom stereocenters. The number of rotatable bonds is 3. The Morgan fingerprint density at radius 2 is 2.25 bits per heavy atom. The fraction of sp³-hybridized carbons (Fsp3) is 0.556. The number of hydrogen-bond acceptors (Lipinski definition) is 6. The fourth-order valence-corrected chi connectivity index (χ4v) is 2.50. The molecule has 1 aromatic rings. The molecule has 0 saturated carbocycles. The maximum Gasteiger partial charge on any atom is 0.345 e. The average Bonchev–Trinajstić information content (AvgIpc) is 2.78. The summed E-state index contributed by atoms with van der Waals surface area (Å²) in [4.78, 5) is 26.7. The van der Waals surface area contributed by atoms with Gasteiger partial charge in [0.15, 0.2) is 5.13 Å². The molecule has 0 amide bonds. The van der Waals surface area contributed by atoms with Gasteiger partial charge in [-0.3, -0.25) is 10.1 Å². The highest BCUT2D eigenvalue weighted by molar-refractivity contribution is 7.18. The molecule has 0 radical (unpaired) electrons. The second-order valence-electron chi connectivity index (χ2n) is 3.70. The van der Waals surface area contributed by atoms with Crippen molar-refractivity contribution in [2.24, 2.45) is 5.92 Å². The summed E-state index contributed by atoms with van der Waals surface area (Å²) < 4.78 is 0. The highest BCUT2D eigenvalue weighted by atomic mass is 32.1. The van der Waals surface area contributed by atoms with Crippen molar-refractivity contribution < 1.29 is 9.72 Å². The van der Waals surface area contributed by atoms with Crippen LogP contribution < -0.4 is 4.90 Å². The van der Waals surface area contributed by atoms with Crippen LogP contribution in [0.3, 0.4) is 0 Å². The Morgan fingerprint density at radius 1 is 1.56 bits per heavy atom. The topological polar surface area (TPSA) is 76.3 Å². The van der Waals surface area contributed by atoms with Gasteiger partial charge in [0.05, 0.1) is 4.92 Å². The average molecular weight is 241 g/mol. The van der Waals surface area contributed by atoms with E-state index >= 15 is 0 Å². The summed E-state index contributed by atoms with van der Waals surface area (Å²) in [6.45, 7) is 1.49. The monoisotopic (exact) mass is 241 g/mol. The van der Waals surface area contributed by atoms with Crippen LogP contribution >= 0.6 is 11.3 Å². The number of carbonyl (C=O) groups is 1. The van der Waals surface area contributed by atoms with Gasteiger partial charge in [-0.25, -0.2) is 4.98 Å². The zero-order valence-corrected chi connectivity index (χ0v) is 9.35. The molecule has 0 N–H and O–H groups in total. The molecule has 2 heterocycles. The molecule has 0 unspecified atom stereocenters. The highest BCUT2D eigenvalue weighted by Crippen LogP contribution is 2.30. The molecule has 6 nitrogen and oxygen atoms in total. The van der Waals surface area contributed by atoms with Crippen molar-refractivity contribution in [2.45, 2.75) is 12.8 Å².